The number of nitro benzene ring substituents is 1. The molecule has 10 heteroatoms. The second kappa shape index (κ2) is 7.25. The van der Waals surface area contributed by atoms with Crippen LogP contribution in [-0.4, -0.2) is 32.6 Å². The van der Waals surface area contributed by atoms with Crippen molar-refractivity contribution in [3.63, 3.8) is 0 Å². The van der Waals surface area contributed by atoms with Crippen molar-refractivity contribution in [3.05, 3.63) is 62.9 Å². The summed E-state index contributed by atoms with van der Waals surface area (Å²) in [6, 6.07) is 9.68. The smallest absolute Gasteiger partial charge is 0.269 e. The fourth-order valence-electron chi connectivity index (χ4n) is 2.84. The van der Waals surface area contributed by atoms with Gasteiger partial charge in [0.1, 0.15) is 17.6 Å². The summed E-state index contributed by atoms with van der Waals surface area (Å²) in [5.74, 6) is 1.74. The minimum atomic E-state index is -0.440. The zero-order valence-corrected chi connectivity index (χ0v) is 14.9. The van der Waals surface area contributed by atoms with Crippen LogP contribution in [0.5, 0.6) is 0 Å². The average molecular weight is 385 g/mol. The number of nitrogens with zero attached hydrogens (tertiary/aromatic N) is 4. The molecule has 0 spiro atoms. The summed E-state index contributed by atoms with van der Waals surface area (Å²) in [5.41, 5.74) is 0.767. The van der Waals surface area contributed by atoms with Crippen LogP contribution in [0.25, 0.3) is 11.3 Å². The first-order valence-corrected chi connectivity index (χ1v) is 8.70. The van der Waals surface area contributed by atoms with Crippen LogP contribution < -0.4 is 0 Å². The fourth-order valence-corrected chi connectivity index (χ4v) is 3.03. The third-order valence-electron chi connectivity index (χ3n) is 4.18. The molecule has 0 aliphatic carbocycles. The van der Waals surface area contributed by atoms with Gasteiger partial charge in [-0.3, -0.25) is 15.2 Å². The fraction of sp³-hybridized carbons (Fsp3) is 0.235. The van der Waals surface area contributed by atoms with Crippen LogP contribution in [0.3, 0.4) is 0 Å². The summed E-state index contributed by atoms with van der Waals surface area (Å²) in [6.07, 6.45) is 3.27. The topological polar surface area (TPSA) is 111 Å². The molecule has 0 amide bonds. The van der Waals surface area contributed by atoms with Crippen LogP contribution in [-0.2, 0) is 4.74 Å². The van der Waals surface area contributed by atoms with E-state index in [0.29, 0.717) is 28.7 Å². The number of nitro groups is 1. The van der Waals surface area contributed by atoms with Gasteiger partial charge in [0, 0.05) is 24.3 Å². The largest absolute Gasteiger partial charge is 0.455 e. The van der Waals surface area contributed by atoms with Gasteiger partial charge in [-0.05, 0) is 49.3 Å². The highest BCUT2D eigenvalue weighted by Crippen LogP contribution is 2.27. The van der Waals surface area contributed by atoms with Crippen LogP contribution in [0.15, 0.2) is 45.9 Å². The summed E-state index contributed by atoms with van der Waals surface area (Å²) in [4.78, 5) is 10.3. The second-order valence-electron chi connectivity index (χ2n) is 5.95. The average Bonchev–Trinajstić information content (AvgIpc) is 3.41. The third kappa shape index (κ3) is 3.57. The predicted octanol–water partition coefficient (Wildman–Crippen LogP) is 3.84. The lowest BCUT2D eigenvalue weighted by molar-refractivity contribution is -0.384. The zero-order chi connectivity index (χ0) is 18.8. The maximum Gasteiger partial charge on any atom is 0.269 e. The molecule has 1 fully saturated rings. The van der Waals surface area contributed by atoms with Gasteiger partial charge in [-0.25, -0.2) is 0 Å². The van der Waals surface area contributed by atoms with E-state index in [1.54, 1.807) is 30.5 Å². The molecule has 2 aromatic heterocycles. The van der Waals surface area contributed by atoms with Gasteiger partial charge in [0.15, 0.2) is 5.82 Å². The standard InChI is InChI=1S/C17H15N5O4S/c23-22(24)12-5-3-11(4-6-12)14-8-7-13(26-14)10-18-21-16(19-20-17(21)27)15-2-1-9-25-15/h3-8,10,15H,1-2,9H2,(H,20,27)/b18-10-/t15-/m1/s1. The first-order chi connectivity index (χ1) is 13.1. The Morgan fingerprint density at radius 1 is 1.33 bits per heavy atom. The maximum atomic E-state index is 10.7. The number of hydrogen-bond donors (Lipinski definition) is 1. The van der Waals surface area contributed by atoms with Gasteiger partial charge in [-0.15, -0.1) is 0 Å². The van der Waals surface area contributed by atoms with E-state index in [4.69, 9.17) is 21.4 Å². The number of aromatic nitrogens is 3. The van der Waals surface area contributed by atoms with Crippen LogP contribution in [0.1, 0.15) is 30.5 Å². The van der Waals surface area contributed by atoms with Crippen molar-refractivity contribution < 1.29 is 14.1 Å². The Labute approximate surface area is 158 Å². The molecule has 27 heavy (non-hydrogen) atoms. The van der Waals surface area contributed by atoms with E-state index in [-0.39, 0.29) is 11.8 Å². The second-order valence-corrected chi connectivity index (χ2v) is 6.34. The lowest BCUT2D eigenvalue weighted by atomic mass is 10.1. The summed E-state index contributed by atoms with van der Waals surface area (Å²) >= 11 is 5.23. The summed E-state index contributed by atoms with van der Waals surface area (Å²) in [5, 5.41) is 22.0. The van der Waals surface area contributed by atoms with Crippen LogP contribution in [0.2, 0.25) is 0 Å². The van der Waals surface area contributed by atoms with Crippen molar-refractivity contribution in [1.29, 1.82) is 0 Å². The molecule has 1 aliphatic rings. The zero-order valence-electron chi connectivity index (χ0n) is 14.1. The lowest BCUT2D eigenvalue weighted by Gasteiger charge is -2.06. The first kappa shape index (κ1) is 17.3. The lowest BCUT2D eigenvalue weighted by Crippen LogP contribution is -2.05. The molecular formula is C17H15N5O4S. The predicted molar refractivity (Wildman–Crippen MR) is 99.1 cm³/mol. The molecule has 9 nitrogen and oxygen atoms in total. The molecular weight excluding hydrogens is 370 g/mol. The molecule has 1 aliphatic heterocycles. The summed E-state index contributed by atoms with van der Waals surface area (Å²) in [6.45, 7) is 0.699. The molecule has 138 valence electrons. The molecule has 0 radical (unpaired) electrons. The maximum absolute atomic E-state index is 10.7. The third-order valence-corrected chi connectivity index (χ3v) is 4.45. The van der Waals surface area contributed by atoms with E-state index in [9.17, 15) is 10.1 Å². The van der Waals surface area contributed by atoms with Gasteiger partial charge in [-0.2, -0.15) is 14.9 Å². The van der Waals surface area contributed by atoms with Crippen LogP contribution >= 0.6 is 12.2 Å². The van der Waals surface area contributed by atoms with Gasteiger partial charge in [0.05, 0.1) is 11.1 Å². The van der Waals surface area contributed by atoms with E-state index >= 15 is 0 Å². The Morgan fingerprint density at radius 3 is 2.85 bits per heavy atom. The highest BCUT2D eigenvalue weighted by molar-refractivity contribution is 7.71. The minimum Gasteiger partial charge on any atom is -0.455 e. The Morgan fingerprint density at radius 2 is 2.15 bits per heavy atom. The number of furan rings is 1. The van der Waals surface area contributed by atoms with Crippen molar-refractivity contribution in [3.8, 4) is 11.3 Å². The number of ether oxygens (including phenoxy) is 1. The Balaban J connectivity index is 1.55. The SMILES string of the molecule is O=[N+]([O-])c1ccc(-c2ccc(/C=N\n3c([C@H]4CCCO4)n[nH]c3=S)o2)cc1. The van der Waals surface area contributed by atoms with Crippen LogP contribution in [0, 0.1) is 14.9 Å². The Kier molecular flexibility index (Phi) is 4.65. The van der Waals surface area contributed by atoms with Gasteiger partial charge >= 0.3 is 0 Å². The molecule has 3 aromatic rings. The molecule has 0 bridgehead atoms. The molecule has 0 saturated carbocycles. The number of non-ortho nitro benzene ring substituents is 1. The van der Waals surface area contributed by atoms with Gasteiger partial charge < -0.3 is 9.15 Å². The first-order valence-electron chi connectivity index (χ1n) is 8.30. The van der Waals surface area contributed by atoms with Crippen molar-refractivity contribution in [2.75, 3.05) is 6.61 Å². The molecule has 0 unspecified atom stereocenters. The highest BCUT2D eigenvalue weighted by atomic mass is 32.1. The molecule has 1 aromatic carbocycles. The summed E-state index contributed by atoms with van der Waals surface area (Å²) in [7, 11) is 0. The molecule has 1 N–H and O–H groups in total. The molecule has 4 rings (SSSR count). The van der Waals surface area contributed by atoms with Gasteiger partial charge in [0.2, 0.25) is 4.77 Å². The van der Waals surface area contributed by atoms with E-state index in [1.807, 2.05) is 0 Å². The van der Waals surface area contributed by atoms with E-state index < -0.39 is 4.92 Å². The van der Waals surface area contributed by atoms with E-state index in [0.717, 1.165) is 18.4 Å². The molecule has 1 saturated heterocycles. The van der Waals surface area contributed by atoms with E-state index in [1.165, 1.54) is 16.8 Å². The number of benzene rings is 1. The minimum absolute atomic E-state index is 0.0306. The van der Waals surface area contributed by atoms with Crippen molar-refractivity contribution in [1.82, 2.24) is 14.9 Å². The van der Waals surface area contributed by atoms with Crippen molar-refractivity contribution in [2.45, 2.75) is 18.9 Å². The number of rotatable bonds is 5. The Bertz CT molecular complexity index is 1040. The summed E-state index contributed by atoms with van der Waals surface area (Å²) < 4.78 is 13.3. The van der Waals surface area contributed by atoms with E-state index in [2.05, 4.69) is 15.3 Å². The monoisotopic (exact) mass is 385 g/mol. The molecule has 3 heterocycles. The van der Waals surface area contributed by atoms with Crippen LogP contribution in [0.4, 0.5) is 5.69 Å². The van der Waals surface area contributed by atoms with Gasteiger partial charge in [0.25, 0.3) is 5.69 Å². The normalized spacial score (nSPS) is 17.0. The van der Waals surface area contributed by atoms with Crippen molar-refractivity contribution >= 4 is 24.1 Å². The van der Waals surface area contributed by atoms with Gasteiger partial charge in [-0.1, -0.05) is 0 Å². The number of nitrogens with one attached hydrogen (secondary N) is 1. The quantitative estimate of drug-likeness (QED) is 0.309. The molecule has 1 atom stereocenters. The number of aromatic amines is 1. The van der Waals surface area contributed by atoms with Crippen molar-refractivity contribution in [2.24, 2.45) is 5.10 Å². The Hall–Kier alpha value is -3.11. The number of hydrogen-bond acceptors (Lipinski definition) is 7. The number of H-pyrrole nitrogens is 1. The highest BCUT2D eigenvalue weighted by Gasteiger charge is 2.23.